The van der Waals surface area contributed by atoms with Gasteiger partial charge in [0.2, 0.25) is 0 Å². The molecule has 0 aromatic heterocycles. The molecule has 1 atom stereocenters. The summed E-state index contributed by atoms with van der Waals surface area (Å²) >= 11 is 0. The Labute approximate surface area is 126 Å². The van der Waals surface area contributed by atoms with Crippen LogP contribution in [0.1, 0.15) is 12.8 Å². The molecule has 2 N–H and O–H groups in total. The number of benzene rings is 1. The average Bonchev–Trinajstić information content (AvgIpc) is 2.57. The molecule has 0 unspecified atom stereocenters. The molecule has 21 heavy (non-hydrogen) atoms. The lowest BCUT2D eigenvalue weighted by Crippen LogP contribution is -2.40. The molecule has 2 fully saturated rings. The number of methoxy groups -OCH3 is 1. The van der Waals surface area contributed by atoms with Crippen LogP contribution in [0.3, 0.4) is 0 Å². The number of morpholine rings is 1. The van der Waals surface area contributed by atoms with Gasteiger partial charge in [-0.15, -0.1) is 0 Å². The van der Waals surface area contributed by atoms with Crippen molar-refractivity contribution in [1.29, 1.82) is 0 Å². The van der Waals surface area contributed by atoms with Gasteiger partial charge in [0.15, 0.2) is 0 Å². The van der Waals surface area contributed by atoms with Crippen molar-refractivity contribution in [3.05, 3.63) is 18.2 Å². The van der Waals surface area contributed by atoms with E-state index in [1.165, 1.54) is 24.2 Å². The predicted octanol–water partition coefficient (Wildman–Crippen LogP) is 1.70. The molecular formula is C16H25N3O2. The van der Waals surface area contributed by atoms with Crippen molar-refractivity contribution in [2.75, 3.05) is 56.7 Å². The van der Waals surface area contributed by atoms with Crippen LogP contribution in [0, 0.1) is 0 Å². The largest absolute Gasteiger partial charge is 0.497 e. The van der Waals surface area contributed by atoms with Crippen molar-refractivity contribution < 1.29 is 9.47 Å². The molecule has 2 aliphatic rings. The van der Waals surface area contributed by atoms with E-state index in [1.54, 1.807) is 7.11 Å². The highest BCUT2D eigenvalue weighted by Crippen LogP contribution is 2.32. The molecule has 0 radical (unpaired) electrons. The van der Waals surface area contributed by atoms with Crippen molar-refractivity contribution in [3.63, 3.8) is 0 Å². The Hall–Kier alpha value is -1.46. The van der Waals surface area contributed by atoms with E-state index in [2.05, 4.69) is 27.7 Å². The van der Waals surface area contributed by atoms with Gasteiger partial charge in [0.1, 0.15) is 5.75 Å². The summed E-state index contributed by atoms with van der Waals surface area (Å²) in [5.41, 5.74) is 2.43. The highest BCUT2D eigenvalue weighted by atomic mass is 16.5. The number of anilines is 2. The molecule has 0 aliphatic carbocycles. The van der Waals surface area contributed by atoms with E-state index < -0.39 is 0 Å². The monoisotopic (exact) mass is 291 g/mol. The van der Waals surface area contributed by atoms with Gasteiger partial charge in [0, 0.05) is 31.7 Å². The number of nitrogens with zero attached hydrogens (tertiary/aromatic N) is 1. The third kappa shape index (κ3) is 3.60. The first kappa shape index (κ1) is 14.5. The van der Waals surface area contributed by atoms with Gasteiger partial charge in [-0.25, -0.2) is 0 Å². The Morgan fingerprint density at radius 3 is 2.90 bits per heavy atom. The Morgan fingerprint density at radius 1 is 1.33 bits per heavy atom. The highest BCUT2D eigenvalue weighted by molar-refractivity contribution is 5.72. The Kier molecular flexibility index (Phi) is 4.83. The molecule has 5 nitrogen and oxygen atoms in total. The molecule has 1 aromatic carbocycles. The quantitative estimate of drug-likeness (QED) is 0.884. The lowest BCUT2D eigenvalue weighted by molar-refractivity contribution is 0.122. The summed E-state index contributed by atoms with van der Waals surface area (Å²) in [4.78, 5) is 2.38. The maximum atomic E-state index is 5.46. The number of hydrogen-bond acceptors (Lipinski definition) is 5. The molecule has 2 saturated heterocycles. The first-order valence-corrected chi connectivity index (χ1v) is 7.85. The molecule has 2 heterocycles. The molecule has 0 bridgehead atoms. The fourth-order valence-corrected chi connectivity index (χ4v) is 3.02. The first-order chi connectivity index (χ1) is 10.4. The van der Waals surface area contributed by atoms with Crippen LogP contribution < -0.4 is 20.3 Å². The number of nitrogens with one attached hydrogen (secondary N) is 2. The van der Waals surface area contributed by atoms with Gasteiger partial charge < -0.3 is 25.0 Å². The van der Waals surface area contributed by atoms with Crippen molar-refractivity contribution in [3.8, 4) is 5.75 Å². The number of rotatable bonds is 4. The molecule has 3 rings (SSSR count). The van der Waals surface area contributed by atoms with Gasteiger partial charge in [-0.05, 0) is 31.5 Å². The molecule has 0 amide bonds. The van der Waals surface area contributed by atoms with Crippen LogP contribution in [0.4, 0.5) is 11.4 Å². The van der Waals surface area contributed by atoms with E-state index in [4.69, 9.17) is 9.47 Å². The van der Waals surface area contributed by atoms with Gasteiger partial charge >= 0.3 is 0 Å². The van der Waals surface area contributed by atoms with Crippen LogP contribution in [0.25, 0.3) is 0 Å². The minimum Gasteiger partial charge on any atom is -0.497 e. The van der Waals surface area contributed by atoms with Crippen LogP contribution in [-0.4, -0.2) is 52.5 Å². The third-order valence-corrected chi connectivity index (χ3v) is 4.21. The van der Waals surface area contributed by atoms with E-state index in [9.17, 15) is 0 Å². The highest BCUT2D eigenvalue weighted by Gasteiger charge is 2.19. The van der Waals surface area contributed by atoms with Crippen LogP contribution in [0.5, 0.6) is 5.75 Å². The van der Waals surface area contributed by atoms with Crippen LogP contribution in [0.2, 0.25) is 0 Å². The summed E-state index contributed by atoms with van der Waals surface area (Å²) in [6.07, 6.45) is 2.46. The molecule has 0 saturated carbocycles. The fraction of sp³-hybridized carbons (Fsp3) is 0.625. The minimum atomic E-state index is 0.506. The lowest BCUT2D eigenvalue weighted by Gasteiger charge is -2.33. The summed E-state index contributed by atoms with van der Waals surface area (Å²) in [5.74, 6) is 0.906. The number of ether oxygens (including phenoxy) is 2. The molecule has 0 spiro atoms. The summed E-state index contributed by atoms with van der Waals surface area (Å²) in [7, 11) is 1.72. The van der Waals surface area contributed by atoms with Gasteiger partial charge in [0.05, 0.1) is 31.7 Å². The van der Waals surface area contributed by atoms with Gasteiger partial charge in [-0.1, -0.05) is 0 Å². The first-order valence-electron chi connectivity index (χ1n) is 7.85. The number of hydrogen-bond donors (Lipinski definition) is 2. The Morgan fingerprint density at radius 2 is 2.19 bits per heavy atom. The Bertz CT molecular complexity index is 455. The average molecular weight is 291 g/mol. The van der Waals surface area contributed by atoms with Crippen LogP contribution in [0.15, 0.2) is 18.2 Å². The normalized spacial score (nSPS) is 22.9. The summed E-state index contributed by atoms with van der Waals surface area (Å²) < 4.78 is 10.9. The zero-order valence-electron chi connectivity index (χ0n) is 12.7. The van der Waals surface area contributed by atoms with Crippen molar-refractivity contribution >= 4 is 11.4 Å². The van der Waals surface area contributed by atoms with Gasteiger partial charge in [-0.2, -0.15) is 0 Å². The predicted molar refractivity (Wildman–Crippen MR) is 85.5 cm³/mol. The third-order valence-electron chi connectivity index (χ3n) is 4.21. The molecule has 5 heteroatoms. The van der Waals surface area contributed by atoms with Crippen molar-refractivity contribution in [2.45, 2.75) is 18.9 Å². The molecule has 116 valence electrons. The summed E-state index contributed by atoms with van der Waals surface area (Å²) in [5, 5.41) is 7.15. The maximum absolute atomic E-state index is 5.46. The molecule has 1 aromatic rings. The summed E-state index contributed by atoms with van der Waals surface area (Å²) in [6.45, 7) is 5.63. The summed E-state index contributed by atoms with van der Waals surface area (Å²) in [6, 6.07) is 6.80. The minimum absolute atomic E-state index is 0.506. The van der Waals surface area contributed by atoms with E-state index >= 15 is 0 Å². The SMILES string of the molecule is COc1ccc(N[C@@H]2CCCNC2)c(N2CCOCC2)c1. The topological polar surface area (TPSA) is 45.8 Å². The maximum Gasteiger partial charge on any atom is 0.121 e. The van der Waals surface area contributed by atoms with Gasteiger partial charge in [-0.3, -0.25) is 0 Å². The smallest absolute Gasteiger partial charge is 0.121 e. The lowest BCUT2D eigenvalue weighted by atomic mass is 10.1. The van der Waals surface area contributed by atoms with Crippen molar-refractivity contribution in [2.24, 2.45) is 0 Å². The second-order valence-electron chi connectivity index (χ2n) is 5.67. The van der Waals surface area contributed by atoms with Crippen molar-refractivity contribution in [1.82, 2.24) is 5.32 Å². The van der Waals surface area contributed by atoms with Crippen LogP contribution >= 0.6 is 0 Å². The van der Waals surface area contributed by atoms with Crippen LogP contribution in [-0.2, 0) is 4.74 Å². The zero-order valence-corrected chi connectivity index (χ0v) is 12.7. The zero-order chi connectivity index (χ0) is 14.5. The number of piperidine rings is 1. The Balaban J connectivity index is 1.79. The molecule has 2 aliphatic heterocycles. The van der Waals surface area contributed by atoms with E-state index in [1.807, 2.05) is 6.07 Å². The fourth-order valence-electron chi connectivity index (χ4n) is 3.02. The second-order valence-corrected chi connectivity index (χ2v) is 5.67. The van der Waals surface area contributed by atoms with E-state index in [-0.39, 0.29) is 0 Å². The molecular weight excluding hydrogens is 266 g/mol. The van der Waals surface area contributed by atoms with Gasteiger partial charge in [0.25, 0.3) is 0 Å². The van der Waals surface area contributed by atoms with E-state index in [0.29, 0.717) is 6.04 Å². The second kappa shape index (κ2) is 7.00. The standard InChI is InChI=1S/C16H25N3O2/c1-20-14-4-5-15(18-13-3-2-6-17-12-13)16(11-14)19-7-9-21-10-8-19/h4-5,11,13,17-18H,2-3,6-10,12H2,1H3/t13-/m1/s1. The van der Waals surface area contributed by atoms with E-state index in [0.717, 1.165) is 45.1 Å².